The number of hydrogen-bond acceptors (Lipinski definition) is 1. The first-order valence-electron chi connectivity index (χ1n) is 6.92. The molecule has 0 amide bonds. The Hall–Kier alpha value is -0.800. The number of halogens is 1. The van der Waals surface area contributed by atoms with Gasteiger partial charge < -0.3 is 9.88 Å². The van der Waals surface area contributed by atoms with Crippen LogP contribution in [0.3, 0.4) is 0 Å². The molecule has 1 aromatic carbocycles. The quantitative estimate of drug-likeness (QED) is 0.873. The number of aromatic nitrogens is 1. The predicted octanol–water partition coefficient (Wildman–Crippen LogP) is 4.56. The molecule has 2 nitrogen and oxygen atoms in total. The third-order valence-electron chi connectivity index (χ3n) is 3.62. The first-order valence-corrected chi connectivity index (χ1v) is 7.71. The van der Waals surface area contributed by atoms with E-state index in [9.17, 15) is 0 Å². The Bertz CT molecular complexity index is 582. The SMILES string of the molecule is CC(C)NCc1c(Br)c2cc(C(C)C)ccc2n1C. The van der Waals surface area contributed by atoms with E-state index in [1.807, 2.05) is 0 Å². The third kappa shape index (κ3) is 2.87. The topological polar surface area (TPSA) is 17.0 Å². The van der Waals surface area contributed by atoms with E-state index in [2.05, 4.69) is 78.8 Å². The summed E-state index contributed by atoms with van der Waals surface area (Å²) >= 11 is 3.78. The molecule has 0 aliphatic carbocycles. The van der Waals surface area contributed by atoms with E-state index in [1.165, 1.54) is 26.6 Å². The van der Waals surface area contributed by atoms with Gasteiger partial charge in [-0.3, -0.25) is 0 Å². The Morgan fingerprint density at radius 3 is 2.47 bits per heavy atom. The van der Waals surface area contributed by atoms with Crippen molar-refractivity contribution in [1.82, 2.24) is 9.88 Å². The van der Waals surface area contributed by atoms with Gasteiger partial charge in [0.2, 0.25) is 0 Å². The van der Waals surface area contributed by atoms with E-state index in [4.69, 9.17) is 0 Å². The summed E-state index contributed by atoms with van der Waals surface area (Å²) in [6.45, 7) is 9.71. The number of fused-ring (bicyclic) bond motifs is 1. The van der Waals surface area contributed by atoms with Crippen molar-refractivity contribution in [2.45, 2.75) is 46.2 Å². The van der Waals surface area contributed by atoms with E-state index in [-0.39, 0.29) is 0 Å². The van der Waals surface area contributed by atoms with Crippen LogP contribution in [0, 0.1) is 0 Å². The molecule has 0 saturated carbocycles. The molecule has 1 heterocycles. The second kappa shape index (κ2) is 5.68. The van der Waals surface area contributed by atoms with Gasteiger partial charge in [-0.25, -0.2) is 0 Å². The lowest BCUT2D eigenvalue weighted by Crippen LogP contribution is -2.23. The highest BCUT2D eigenvalue weighted by molar-refractivity contribution is 9.10. The minimum absolute atomic E-state index is 0.496. The smallest absolute Gasteiger partial charge is 0.0492 e. The summed E-state index contributed by atoms with van der Waals surface area (Å²) in [5, 5.41) is 4.81. The average Bonchev–Trinajstić information content (AvgIpc) is 2.59. The molecule has 0 aliphatic heterocycles. The zero-order chi connectivity index (χ0) is 14.2. The van der Waals surface area contributed by atoms with Crippen LogP contribution in [0.4, 0.5) is 0 Å². The molecule has 0 spiro atoms. The number of rotatable bonds is 4. The summed E-state index contributed by atoms with van der Waals surface area (Å²) in [7, 11) is 2.14. The van der Waals surface area contributed by atoms with Crippen LogP contribution in [-0.2, 0) is 13.6 Å². The van der Waals surface area contributed by atoms with Gasteiger partial charge >= 0.3 is 0 Å². The fourth-order valence-electron chi connectivity index (χ4n) is 2.33. The van der Waals surface area contributed by atoms with Crippen LogP contribution in [0.15, 0.2) is 22.7 Å². The molecule has 0 atom stereocenters. The van der Waals surface area contributed by atoms with Gasteiger partial charge in [-0.05, 0) is 39.5 Å². The van der Waals surface area contributed by atoms with E-state index in [0.717, 1.165) is 6.54 Å². The molecule has 0 saturated heterocycles. The highest BCUT2D eigenvalue weighted by Gasteiger charge is 2.14. The van der Waals surface area contributed by atoms with Crippen LogP contribution in [0.1, 0.15) is 44.9 Å². The summed E-state index contributed by atoms with van der Waals surface area (Å²) in [4.78, 5) is 0. The Balaban J connectivity index is 2.49. The van der Waals surface area contributed by atoms with Crippen molar-refractivity contribution in [2.75, 3.05) is 0 Å². The molecule has 1 aromatic heterocycles. The van der Waals surface area contributed by atoms with Crippen LogP contribution < -0.4 is 5.32 Å². The van der Waals surface area contributed by atoms with Crippen molar-refractivity contribution in [1.29, 1.82) is 0 Å². The van der Waals surface area contributed by atoms with Gasteiger partial charge in [-0.15, -0.1) is 0 Å². The zero-order valence-electron chi connectivity index (χ0n) is 12.4. The van der Waals surface area contributed by atoms with Crippen molar-refractivity contribution in [2.24, 2.45) is 7.05 Å². The third-order valence-corrected chi connectivity index (χ3v) is 4.51. The summed E-state index contributed by atoms with van der Waals surface area (Å²) in [6, 6.07) is 7.27. The molecule has 0 radical (unpaired) electrons. The molecular weight excluding hydrogens is 300 g/mol. The molecule has 1 N–H and O–H groups in total. The highest BCUT2D eigenvalue weighted by Crippen LogP contribution is 2.32. The van der Waals surface area contributed by atoms with Crippen LogP contribution in [0.2, 0.25) is 0 Å². The summed E-state index contributed by atoms with van der Waals surface area (Å²) in [6.07, 6.45) is 0. The standard InChI is InChI=1S/C16H23BrN2/c1-10(2)12-6-7-14-13(8-12)16(17)15(19(14)5)9-18-11(3)4/h6-8,10-11,18H,9H2,1-5H3. The fourth-order valence-corrected chi connectivity index (χ4v) is 3.05. The second-order valence-corrected chi connectivity index (χ2v) is 6.58. The van der Waals surface area contributed by atoms with E-state index in [1.54, 1.807) is 0 Å². The first kappa shape index (κ1) is 14.6. The molecule has 0 fully saturated rings. The van der Waals surface area contributed by atoms with Crippen molar-refractivity contribution >= 4 is 26.8 Å². The summed E-state index contributed by atoms with van der Waals surface area (Å²) in [5.41, 5.74) is 3.99. The zero-order valence-corrected chi connectivity index (χ0v) is 14.0. The molecule has 0 aliphatic rings. The van der Waals surface area contributed by atoms with Gasteiger partial charge in [-0.2, -0.15) is 0 Å². The van der Waals surface area contributed by atoms with Gasteiger partial charge in [0, 0.05) is 40.7 Å². The average molecular weight is 323 g/mol. The van der Waals surface area contributed by atoms with E-state index in [0.29, 0.717) is 12.0 Å². The largest absolute Gasteiger partial charge is 0.345 e. The van der Waals surface area contributed by atoms with Gasteiger partial charge in [-0.1, -0.05) is 33.8 Å². The van der Waals surface area contributed by atoms with Gasteiger partial charge in [0.05, 0.1) is 0 Å². The molecule has 104 valence electrons. The molecule has 0 bridgehead atoms. The second-order valence-electron chi connectivity index (χ2n) is 5.79. The van der Waals surface area contributed by atoms with Crippen LogP contribution >= 0.6 is 15.9 Å². The summed E-state index contributed by atoms with van der Waals surface area (Å²) in [5.74, 6) is 0.564. The molecule has 19 heavy (non-hydrogen) atoms. The fraction of sp³-hybridized carbons (Fsp3) is 0.500. The predicted molar refractivity (Wildman–Crippen MR) is 86.7 cm³/mol. The minimum atomic E-state index is 0.496. The Labute approximate surface area is 124 Å². The molecule has 2 aromatic rings. The number of hydrogen-bond donors (Lipinski definition) is 1. The Morgan fingerprint density at radius 1 is 1.21 bits per heavy atom. The Kier molecular flexibility index (Phi) is 4.36. The molecule has 3 heteroatoms. The molecular formula is C16H23BrN2. The van der Waals surface area contributed by atoms with E-state index < -0.39 is 0 Å². The van der Waals surface area contributed by atoms with Gasteiger partial charge in [0.1, 0.15) is 0 Å². The maximum atomic E-state index is 3.78. The van der Waals surface area contributed by atoms with Gasteiger partial charge in [0.25, 0.3) is 0 Å². The number of aryl methyl sites for hydroxylation is 1. The first-order chi connectivity index (χ1) is 8.91. The summed E-state index contributed by atoms with van der Waals surface area (Å²) < 4.78 is 3.50. The minimum Gasteiger partial charge on any atom is -0.345 e. The van der Waals surface area contributed by atoms with Crippen molar-refractivity contribution < 1.29 is 0 Å². The molecule has 2 rings (SSSR count). The maximum absolute atomic E-state index is 3.78. The number of nitrogens with zero attached hydrogens (tertiary/aromatic N) is 1. The molecule has 0 unspecified atom stereocenters. The number of nitrogens with one attached hydrogen (secondary N) is 1. The maximum Gasteiger partial charge on any atom is 0.0492 e. The van der Waals surface area contributed by atoms with Crippen LogP contribution in [0.5, 0.6) is 0 Å². The van der Waals surface area contributed by atoms with Crippen LogP contribution in [0.25, 0.3) is 10.9 Å². The van der Waals surface area contributed by atoms with Gasteiger partial charge in [0.15, 0.2) is 0 Å². The van der Waals surface area contributed by atoms with Crippen molar-refractivity contribution in [3.05, 3.63) is 33.9 Å². The van der Waals surface area contributed by atoms with E-state index >= 15 is 0 Å². The highest BCUT2D eigenvalue weighted by atomic mass is 79.9. The lowest BCUT2D eigenvalue weighted by molar-refractivity contribution is 0.571. The lowest BCUT2D eigenvalue weighted by Gasteiger charge is -2.09. The lowest BCUT2D eigenvalue weighted by atomic mass is 10.0. The van der Waals surface area contributed by atoms with Crippen LogP contribution in [-0.4, -0.2) is 10.6 Å². The van der Waals surface area contributed by atoms with Crippen molar-refractivity contribution in [3.8, 4) is 0 Å². The van der Waals surface area contributed by atoms with Crippen molar-refractivity contribution in [3.63, 3.8) is 0 Å². The normalized spacial score (nSPS) is 12.0. The monoisotopic (exact) mass is 322 g/mol. The number of benzene rings is 1. The Morgan fingerprint density at radius 2 is 1.89 bits per heavy atom.